The summed E-state index contributed by atoms with van der Waals surface area (Å²) in [7, 11) is 0. The smallest absolute Gasteiger partial charge is 0.407 e. The Balaban J connectivity index is 1.31. The van der Waals surface area contributed by atoms with Crippen LogP contribution in [0.4, 0.5) is 4.79 Å². The Hall–Kier alpha value is -3.97. The minimum Gasteiger partial charge on any atom is -0.449 e. The third kappa shape index (κ3) is 25.7. The lowest BCUT2D eigenvalue weighted by Gasteiger charge is -2.46. The van der Waals surface area contributed by atoms with E-state index in [0.29, 0.717) is 83.1 Å². The highest BCUT2D eigenvalue weighted by Crippen LogP contribution is 2.44. The lowest BCUT2D eigenvalue weighted by atomic mass is 9.98. The van der Waals surface area contributed by atoms with E-state index in [1.807, 2.05) is 24.3 Å². The summed E-state index contributed by atoms with van der Waals surface area (Å²) >= 11 is 6.74. The fourth-order valence-electron chi connectivity index (χ4n) is 7.75. The highest BCUT2D eigenvalue weighted by molar-refractivity contribution is 7.99. The van der Waals surface area contributed by atoms with Gasteiger partial charge in [0.05, 0.1) is 39.6 Å². The fourth-order valence-corrected chi connectivity index (χ4v) is 10.7. The van der Waals surface area contributed by atoms with Crippen LogP contribution in [0.2, 0.25) is 0 Å². The monoisotopic (exact) mass is 1110 g/mol. The maximum absolute atomic E-state index is 12.6. The molecule has 2 aromatic rings. The number of hydrogen-bond donors (Lipinski definition) is 1. The molecule has 408 valence electrons. The van der Waals surface area contributed by atoms with Crippen LogP contribution in [0.5, 0.6) is 0 Å². The molecule has 1 N–H and O–H groups in total. The molecule has 74 heavy (non-hydrogen) atoms. The zero-order chi connectivity index (χ0) is 52.4. The van der Waals surface area contributed by atoms with Crippen molar-refractivity contribution in [3.05, 3.63) is 101 Å². The van der Waals surface area contributed by atoms with Gasteiger partial charge in [0.2, 0.25) is 0 Å². The molecule has 0 radical (unpaired) electrons. The summed E-state index contributed by atoms with van der Waals surface area (Å²) in [6, 6.07) is 16.4. The number of thioether (sulfide) groups is 4. The number of carbonyl (C=O) groups is 1. The van der Waals surface area contributed by atoms with E-state index < -0.39 is 36.8 Å². The first-order valence-corrected chi connectivity index (χ1v) is 29.5. The van der Waals surface area contributed by atoms with Crippen LogP contribution in [0.25, 0.3) is 52.9 Å². The van der Waals surface area contributed by atoms with Crippen molar-refractivity contribution in [2.24, 2.45) is 20.5 Å². The second kappa shape index (κ2) is 42.2. The first kappa shape index (κ1) is 62.6. The molecule has 1 fully saturated rings. The minimum absolute atomic E-state index is 0.0208. The van der Waals surface area contributed by atoms with Crippen LogP contribution in [0.3, 0.4) is 0 Å². The van der Waals surface area contributed by atoms with E-state index in [1.165, 1.54) is 11.1 Å². The van der Waals surface area contributed by atoms with E-state index >= 15 is 0 Å². The number of ether oxygens (including phenoxy) is 9. The van der Waals surface area contributed by atoms with Gasteiger partial charge in [-0.15, -0.1) is 0 Å². The fraction of sp³-hybridized carbons (Fsp3) is 0.723. The van der Waals surface area contributed by atoms with Crippen LogP contribution in [-0.4, -0.2) is 188 Å². The van der Waals surface area contributed by atoms with Gasteiger partial charge in [0.1, 0.15) is 31.0 Å². The van der Waals surface area contributed by atoms with Gasteiger partial charge in [0.25, 0.3) is 0 Å². The summed E-state index contributed by atoms with van der Waals surface area (Å²) in [4.78, 5) is 23.9. The molecule has 23 nitrogen and oxygen atoms in total. The maximum atomic E-state index is 12.6. The number of benzene rings is 2. The number of hydrogen-bond acceptors (Lipinski definition) is 18. The predicted octanol–water partition coefficient (Wildman–Crippen LogP) is 10.2. The number of carbonyl (C=O) groups excluding carboxylic acids is 1. The van der Waals surface area contributed by atoms with Crippen LogP contribution in [0.1, 0.15) is 42.7 Å². The number of azide groups is 4. The third-order valence-corrected chi connectivity index (χ3v) is 15.2. The number of nitrogens with one attached hydrogen (secondary N) is 1. The quantitative estimate of drug-likeness (QED) is 0.0279. The molecule has 2 aromatic carbocycles. The molecule has 0 aromatic heterocycles. The van der Waals surface area contributed by atoms with E-state index in [1.54, 1.807) is 47.0 Å². The van der Waals surface area contributed by atoms with Crippen molar-refractivity contribution < 1.29 is 47.4 Å². The molecule has 4 rings (SSSR count). The summed E-state index contributed by atoms with van der Waals surface area (Å²) in [5, 5.41) is 17.2. The Labute approximate surface area is 450 Å². The molecule has 2 aliphatic rings. The zero-order valence-electron chi connectivity index (χ0n) is 42.0. The molecule has 1 aliphatic carbocycles. The van der Waals surface area contributed by atoms with Gasteiger partial charge in [-0.25, -0.2) is 4.79 Å². The van der Waals surface area contributed by atoms with E-state index in [0.717, 1.165) is 65.6 Å². The van der Waals surface area contributed by atoms with Crippen molar-refractivity contribution in [2.45, 2.75) is 62.3 Å². The molecule has 5 atom stereocenters. The number of amides is 1. The van der Waals surface area contributed by atoms with Crippen molar-refractivity contribution >= 4 is 53.1 Å². The molecule has 1 saturated heterocycles. The van der Waals surface area contributed by atoms with Gasteiger partial charge in [-0.05, 0) is 116 Å². The van der Waals surface area contributed by atoms with E-state index in [2.05, 4.69) is 69.7 Å². The Bertz CT molecular complexity index is 2010. The van der Waals surface area contributed by atoms with Crippen LogP contribution in [-0.2, 0) is 42.6 Å². The molecule has 1 amide bonds. The lowest BCUT2D eigenvalue weighted by Crippen LogP contribution is -2.62. The number of alkyl carbamates (subject to hydrolysis) is 1. The van der Waals surface area contributed by atoms with Gasteiger partial charge < -0.3 is 47.9 Å². The first-order valence-electron chi connectivity index (χ1n) is 24.9. The summed E-state index contributed by atoms with van der Waals surface area (Å²) in [6.07, 6.45) is -0.826. The average Bonchev–Trinajstić information content (AvgIpc) is 3.74. The van der Waals surface area contributed by atoms with E-state index in [4.69, 9.17) is 64.8 Å². The number of nitrogens with zero attached hydrogens (tertiary/aromatic N) is 12. The summed E-state index contributed by atoms with van der Waals surface area (Å²) in [6.45, 7) is 5.37. The molecular weight excluding hydrogens is 1030 g/mol. The van der Waals surface area contributed by atoms with Crippen molar-refractivity contribution in [2.75, 3.05) is 151 Å². The average molecular weight is 1110 g/mol. The van der Waals surface area contributed by atoms with Crippen LogP contribution >= 0.6 is 47.0 Å². The van der Waals surface area contributed by atoms with Crippen molar-refractivity contribution in [1.82, 2.24) is 5.32 Å². The highest BCUT2D eigenvalue weighted by Gasteiger charge is 2.49. The van der Waals surface area contributed by atoms with Crippen molar-refractivity contribution in [1.29, 1.82) is 0 Å². The Kier molecular flexibility index (Phi) is 35.7. The normalized spacial score (nSPS) is 17.8. The molecular formula is C47H71N13O10S4. The van der Waals surface area contributed by atoms with Gasteiger partial charge in [-0.3, -0.25) is 0 Å². The number of rotatable bonds is 45. The van der Waals surface area contributed by atoms with Crippen LogP contribution < -0.4 is 5.32 Å². The van der Waals surface area contributed by atoms with Gasteiger partial charge >= 0.3 is 6.09 Å². The molecule has 0 spiro atoms. The second-order valence-electron chi connectivity index (χ2n) is 16.2. The topological polar surface area (TPSA) is 307 Å². The SMILES string of the molecule is [N-]=[N+]=NCCSCCCOC[C@H]1O[C@@H](OCCOCCOCCNC(=O)OCC2c3ccccc3-c3ccccc32)[C@H](OCCCSCCN=[N+]=[N-])[C@@H](OCCCSCCN=[N+]=[N-])[C@@H]1OCCCSCCN=[N+]=[N-]. The Morgan fingerprint density at radius 1 is 0.514 bits per heavy atom. The highest BCUT2D eigenvalue weighted by atomic mass is 32.2. The van der Waals surface area contributed by atoms with E-state index in [9.17, 15) is 4.79 Å². The molecule has 1 aliphatic heterocycles. The number of fused-ring (bicyclic) bond motifs is 3. The second-order valence-corrected chi connectivity index (χ2v) is 21.1. The van der Waals surface area contributed by atoms with E-state index in [-0.39, 0.29) is 45.5 Å². The zero-order valence-corrected chi connectivity index (χ0v) is 45.2. The molecule has 0 saturated carbocycles. The van der Waals surface area contributed by atoms with Crippen molar-refractivity contribution in [3.8, 4) is 11.1 Å². The first-order chi connectivity index (χ1) is 36.6. The third-order valence-electron chi connectivity index (χ3n) is 11.0. The summed E-state index contributed by atoms with van der Waals surface area (Å²) in [5.74, 6) is 6.06. The Morgan fingerprint density at radius 2 is 0.973 bits per heavy atom. The maximum Gasteiger partial charge on any atom is 0.407 e. The van der Waals surface area contributed by atoms with Gasteiger partial charge in [0, 0.05) is 84.7 Å². The van der Waals surface area contributed by atoms with Gasteiger partial charge in [0.15, 0.2) is 6.29 Å². The molecule has 0 bridgehead atoms. The molecule has 27 heteroatoms. The van der Waals surface area contributed by atoms with Crippen molar-refractivity contribution in [3.63, 3.8) is 0 Å². The van der Waals surface area contributed by atoms with Gasteiger partial charge in [-0.2, -0.15) is 47.0 Å². The predicted molar refractivity (Wildman–Crippen MR) is 293 cm³/mol. The Morgan fingerprint density at radius 3 is 1.50 bits per heavy atom. The van der Waals surface area contributed by atoms with Crippen LogP contribution in [0, 0.1) is 0 Å². The molecule has 1 heterocycles. The summed E-state index contributed by atoms with van der Waals surface area (Å²) < 4.78 is 56.6. The van der Waals surface area contributed by atoms with Crippen LogP contribution in [0.15, 0.2) is 69.0 Å². The lowest BCUT2D eigenvalue weighted by molar-refractivity contribution is -0.324. The summed E-state index contributed by atoms with van der Waals surface area (Å²) in [5.41, 5.74) is 39.2. The minimum atomic E-state index is -0.861. The van der Waals surface area contributed by atoms with Gasteiger partial charge in [-0.1, -0.05) is 69.0 Å². The standard InChI is InChI=1S/C47H71N13O10S4/c48-57-53-14-31-71-27-5-18-64-36-42-43(65-19-6-28-72-32-15-54-58-49)44(66-20-7-29-73-33-16-55-59-50)45(67-21-8-30-74-34-17-56-60-51)46(70-42)68-26-25-63-24-23-62-22-13-52-47(61)69-35-41-39-11-3-1-9-37(39)38-10-2-4-12-40(38)41/h1-4,9-12,41-46H,5-8,13-36H2,(H,52,61)/t42-,43-,44+,45-,46-/m1/s1. The molecule has 0 unspecified atom stereocenters. The largest absolute Gasteiger partial charge is 0.449 e.